The summed E-state index contributed by atoms with van der Waals surface area (Å²) >= 11 is 0. The predicted molar refractivity (Wildman–Crippen MR) is 17.5 cm³/mol. The maximum atomic E-state index is 7.46. The van der Waals surface area contributed by atoms with Crippen molar-refractivity contribution in [3.8, 4) is 0 Å². The molecule has 0 aliphatic heterocycles. The van der Waals surface area contributed by atoms with Crippen LogP contribution in [0.5, 0.6) is 0 Å². The fourth-order valence-corrected chi connectivity index (χ4v) is 0.0456. The lowest BCUT2D eigenvalue weighted by Crippen LogP contribution is -1.78. The second-order valence-electron chi connectivity index (χ2n) is 0.523. The summed E-state index contributed by atoms with van der Waals surface area (Å²) in [7, 11) is 0. The van der Waals surface area contributed by atoms with E-state index >= 15 is 0 Å². The Hall–Kier alpha value is -0.340. The highest BCUT2D eigenvalue weighted by Gasteiger charge is 1.62. The molecule has 1 N–H and O–H groups in total. The highest BCUT2D eigenvalue weighted by Crippen LogP contribution is 1.58. The zero-order valence-electron chi connectivity index (χ0n) is 2.77. The summed E-state index contributed by atoms with van der Waals surface area (Å²) in [6, 6.07) is 0. The summed E-state index contributed by atoms with van der Waals surface area (Å²) in [6.07, 6.45) is 2.30. The molecule has 0 aliphatic carbocycles. The standard InChI is InChI=1S/C3H5O2/c1-2-3-5-4/h4H,1,3H2. The lowest BCUT2D eigenvalue weighted by Gasteiger charge is -1.76. The van der Waals surface area contributed by atoms with E-state index in [4.69, 9.17) is 5.26 Å². The minimum absolute atomic E-state index is 0.0833. The van der Waals surface area contributed by atoms with E-state index in [1.54, 1.807) is 0 Å². The van der Waals surface area contributed by atoms with Gasteiger partial charge in [0.2, 0.25) is 0 Å². The quantitative estimate of drug-likeness (QED) is 0.380. The van der Waals surface area contributed by atoms with E-state index in [9.17, 15) is 0 Å². The topological polar surface area (TPSA) is 29.5 Å². The molecule has 5 heavy (non-hydrogen) atoms. The van der Waals surface area contributed by atoms with Gasteiger partial charge in [-0.15, -0.1) is 0 Å². The first-order valence-corrected chi connectivity index (χ1v) is 1.18. The predicted octanol–water partition coefficient (Wildman–Crippen LogP) is 0.465. The Morgan fingerprint density at radius 1 is 2.00 bits per heavy atom. The van der Waals surface area contributed by atoms with Gasteiger partial charge in [-0.3, -0.25) is 5.26 Å². The number of hydrogen-bond donors (Lipinski definition) is 1. The minimum Gasteiger partial charge on any atom is -0.251 e. The molecule has 0 aromatic carbocycles. The van der Waals surface area contributed by atoms with Gasteiger partial charge in [0.05, 0.1) is 0 Å². The van der Waals surface area contributed by atoms with E-state index < -0.39 is 0 Å². The van der Waals surface area contributed by atoms with Crippen molar-refractivity contribution >= 4 is 0 Å². The van der Waals surface area contributed by atoms with Crippen molar-refractivity contribution < 1.29 is 10.1 Å². The molecule has 0 aromatic rings. The van der Waals surface area contributed by atoms with Crippen molar-refractivity contribution in [2.24, 2.45) is 0 Å². The van der Waals surface area contributed by atoms with Crippen LogP contribution < -0.4 is 0 Å². The maximum absolute atomic E-state index is 7.46. The van der Waals surface area contributed by atoms with Crippen LogP contribution >= 0.6 is 0 Å². The Morgan fingerprint density at radius 2 is 2.60 bits per heavy atom. The molecule has 0 fully saturated rings. The largest absolute Gasteiger partial charge is 0.251 e. The van der Waals surface area contributed by atoms with Crippen LogP contribution in [0.4, 0.5) is 0 Å². The van der Waals surface area contributed by atoms with Crippen molar-refractivity contribution in [2.75, 3.05) is 6.61 Å². The summed E-state index contributed by atoms with van der Waals surface area (Å²) in [5.74, 6) is 0. The van der Waals surface area contributed by atoms with Crippen molar-refractivity contribution in [1.82, 2.24) is 0 Å². The van der Waals surface area contributed by atoms with Gasteiger partial charge in [-0.25, -0.2) is 4.89 Å². The first kappa shape index (κ1) is 4.66. The normalized spacial score (nSPS) is 7.40. The van der Waals surface area contributed by atoms with Gasteiger partial charge in [0.25, 0.3) is 0 Å². The first-order valence-electron chi connectivity index (χ1n) is 1.18. The summed E-state index contributed by atoms with van der Waals surface area (Å²) in [4.78, 5) is 3.52. The van der Waals surface area contributed by atoms with Crippen LogP contribution in [0.25, 0.3) is 0 Å². The molecule has 0 atom stereocenters. The van der Waals surface area contributed by atoms with E-state index in [1.165, 1.54) is 0 Å². The fraction of sp³-hybridized carbons (Fsp3) is 0.333. The minimum atomic E-state index is 0.0833. The monoisotopic (exact) mass is 73.0 g/mol. The Kier molecular flexibility index (Phi) is 3.41. The Morgan fingerprint density at radius 3 is 2.60 bits per heavy atom. The summed E-state index contributed by atoms with van der Waals surface area (Å²) in [6.45, 7) is 3.22. The van der Waals surface area contributed by atoms with Gasteiger partial charge in [-0.2, -0.15) is 0 Å². The van der Waals surface area contributed by atoms with Crippen LogP contribution in [0.15, 0.2) is 6.58 Å². The highest BCUT2D eigenvalue weighted by molar-refractivity contribution is 4.48. The molecule has 29 valence electrons. The van der Waals surface area contributed by atoms with Crippen LogP contribution in [0, 0.1) is 6.08 Å². The third-order valence-electron chi connectivity index (χ3n) is 0.167. The van der Waals surface area contributed by atoms with Gasteiger partial charge in [-0.05, 0) is 6.08 Å². The molecule has 0 aliphatic rings. The average Bonchev–Trinajstić information content (AvgIpc) is 1.41. The molecule has 0 aromatic heterocycles. The van der Waals surface area contributed by atoms with Crippen LogP contribution in [0.1, 0.15) is 0 Å². The molecule has 0 bridgehead atoms. The van der Waals surface area contributed by atoms with Crippen LogP contribution in [0.3, 0.4) is 0 Å². The molecular formula is C3H5O2. The SMILES string of the molecule is C=[C]COO. The third-order valence-corrected chi connectivity index (χ3v) is 0.167. The Labute approximate surface area is 30.6 Å². The molecule has 0 unspecified atom stereocenters. The van der Waals surface area contributed by atoms with E-state index in [1.807, 2.05) is 0 Å². The molecule has 0 saturated carbocycles. The van der Waals surface area contributed by atoms with Gasteiger partial charge in [-0.1, -0.05) is 6.58 Å². The molecule has 2 heteroatoms. The zero-order chi connectivity index (χ0) is 4.12. The maximum Gasteiger partial charge on any atom is 0.107 e. The van der Waals surface area contributed by atoms with Crippen molar-refractivity contribution in [3.63, 3.8) is 0 Å². The van der Waals surface area contributed by atoms with Gasteiger partial charge in [0, 0.05) is 0 Å². The van der Waals surface area contributed by atoms with Crippen LogP contribution in [0.2, 0.25) is 0 Å². The van der Waals surface area contributed by atoms with Gasteiger partial charge < -0.3 is 0 Å². The summed E-state index contributed by atoms with van der Waals surface area (Å²) in [5.41, 5.74) is 0. The van der Waals surface area contributed by atoms with E-state index in [-0.39, 0.29) is 6.61 Å². The molecule has 2 nitrogen and oxygen atoms in total. The van der Waals surface area contributed by atoms with Gasteiger partial charge in [0.15, 0.2) is 0 Å². The second kappa shape index (κ2) is 3.66. The number of hydrogen-bond acceptors (Lipinski definition) is 2. The molecule has 0 saturated heterocycles. The molecular weight excluding hydrogens is 68.0 g/mol. The molecule has 0 amide bonds. The van der Waals surface area contributed by atoms with Crippen LogP contribution in [-0.4, -0.2) is 11.9 Å². The van der Waals surface area contributed by atoms with Crippen molar-refractivity contribution in [1.29, 1.82) is 0 Å². The lowest BCUT2D eigenvalue weighted by molar-refractivity contribution is -0.233. The Bertz CT molecular complexity index is 26.1. The van der Waals surface area contributed by atoms with E-state index in [0.29, 0.717) is 0 Å². The molecule has 0 rings (SSSR count). The summed E-state index contributed by atoms with van der Waals surface area (Å²) < 4.78 is 0. The van der Waals surface area contributed by atoms with Crippen LogP contribution in [-0.2, 0) is 4.89 Å². The van der Waals surface area contributed by atoms with E-state index in [0.717, 1.165) is 0 Å². The lowest BCUT2D eigenvalue weighted by atomic mass is 10.7. The second-order valence-corrected chi connectivity index (χ2v) is 0.523. The van der Waals surface area contributed by atoms with Gasteiger partial charge in [0.1, 0.15) is 6.61 Å². The van der Waals surface area contributed by atoms with Crippen molar-refractivity contribution in [2.45, 2.75) is 0 Å². The number of rotatable bonds is 2. The molecule has 0 heterocycles. The third kappa shape index (κ3) is 3.66. The fourth-order valence-electron chi connectivity index (χ4n) is 0.0456. The van der Waals surface area contributed by atoms with Crippen molar-refractivity contribution in [3.05, 3.63) is 12.7 Å². The zero-order valence-corrected chi connectivity index (χ0v) is 2.77. The smallest absolute Gasteiger partial charge is 0.107 e. The average molecular weight is 73.1 g/mol. The summed E-state index contributed by atoms with van der Waals surface area (Å²) in [5, 5.41) is 7.46. The molecule has 1 radical (unpaired) electrons. The Balaban J connectivity index is 2.40. The van der Waals surface area contributed by atoms with Gasteiger partial charge >= 0.3 is 0 Å². The highest BCUT2D eigenvalue weighted by atomic mass is 17.1. The van der Waals surface area contributed by atoms with E-state index in [2.05, 4.69) is 17.5 Å². The molecule has 0 spiro atoms. The first-order chi connectivity index (χ1) is 2.41.